The van der Waals surface area contributed by atoms with E-state index < -0.39 is 0 Å². The van der Waals surface area contributed by atoms with Crippen LogP contribution in [-0.2, 0) is 4.74 Å². The smallest absolute Gasteiger partial charge is 0.0624 e. The molecule has 47 heavy (non-hydrogen) atoms. The van der Waals surface area contributed by atoms with Crippen molar-refractivity contribution < 1.29 is 4.74 Å². The average molecular weight is 648 g/mol. The largest absolute Gasteiger partial charge is 0.374 e. The maximum Gasteiger partial charge on any atom is 0.0624 e. The lowest BCUT2D eigenvalue weighted by atomic mass is 9.53. The van der Waals surface area contributed by atoms with Gasteiger partial charge in [0, 0.05) is 0 Å². The lowest BCUT2D eigenvalue weighted by Gasteiger charge is -2.52. The molecule has 2 aliphatic heterocycles. The lowest BCUT2D eigenvalue weighted by Crippen LogP contribution is -2.72. The first kappa shape index (κ1) is 32.7. The Hall–Kier alpha value is -0.160. The van der Waals surface area contributed by atoms with Crippen molar-refractivity contribution in [2.45, 2.75) is 204 Å². The minimum absolute atomic E-state index is 0.490. The zero-order valence-electron chi connectivity index (χ0n) is 30.2. The van der Waals surface area contributed by atoms with Gasteiger partial charge in [0.2, 0.25) is 0 Å². The second kappa shape index (κ2) is 14.8. The van der Waals surface area contributed by atoms with E-state index >= 15 is 0 Å². The zero-order valence-corrected chi connectivity index (χ0v) is 30.2. The molecule has 13 unspecified atom stereocenters. The van der Waals surface area contributed by atoms with Gasteiger partial charge in [0.25, 0.3) is 0 Å². The molecular weight excluding hydrogens is 574 g/mol. The van der Waals surface area contributed by atoms with Gasteiger partial charge >= 0.3 is 0 Å². The molecule has 0 amide bonds. The van der Waals surface area contributed by atoms with Gasteiger partial charge in [-0.05, 0) is 129 Å². The summed E-state index contributed by atoms with van der Waals surface area (Å²) in [5.74, 6) is 10.1. The number of hydrogen-bond acceptors (Lipinski definition) is 4. The Labute approximate surface area is 289 Å². The SMILES string of the molecule is C1CCC(C2CCCC(C3NC(C4CCCCC4)NC(C4CCC5OC6CC(C7CCCCC7)C7CCCCC7C6C5C4)N3)C2)CC1. The molecule has 0 radical (unpaired) electrons. The minimum Gasteiger partial charge on any atom is -0.374 e. The van der Waals surface area contributed by atoms with E-state index in [1.807, 2.05) is 0 Å². The Balaban J connectivity index is 0.913. The van der Waals surface area contributed by atoms with Crippen LogP contribution < -0.4 is 16.0 Å². The molecule has 0 aromatic rings. The van der Waals surface area contributed by atoms with Crippen LogP contribution in [0.15, 0.2) is 0 Å². The maximum atomic E-state index is 7.22. The van der Waals surface area contributed by atoms with E-state index in [0.717, 1.165) is 65.1 Å². The molecule has 0 spiro atoms. The van der Waals surface area contributed by atoms with E-state index in [2.05, 4.69) is 16.0 Å². The summed E-state index contributed by atoms with van der Waals surface area (Å²) in [5.41, 5.74) is 0. The molecule has 2 saturated heterocycles. The highest BCUT2D eigenvalue weighted by Crippen LogP contribution is 2.59. The first-order valence-electron chi connectivity index (χ1n) is 22.2. The Morgan fingerprint density at radius 3 is 1.53 bits per heavy atom. The van der Waals surface area contributed by atoms with Gasteiger partial charge in [-0.15, -0.1) is 0 Å². The molecule has 13 atom stereocenters. The Kier molecular flexibility index (Phi) is 10.3. The van der Waals surface area contributed by atoms with E-state index in [0.29, 0.717) is 30.7 Å². The van der Waals surface area contributed by atoms with Crippen molar-refractivity contribution in [2.24, 2.45) is 65.1 Å². The fourth-order valence-corrected chi connectivity index (χ4v) is 14.8. The molecule has 4 heteroatoms. The number of hydrogen-bond donors (Lipinski definition) is 3. The predicted molar refractivity (Wildman–Crippen MR) is 192 cm³/mol. The Bertz CT molecular complexity index is 1000. The van der Waals surface area contributed by atoms with Crippen molar-refractivity contribution in [3.8, 4) is 0 Å². The highest BCUT2D eigenvalue weighted by atomic mass is 16.5. The van der Waals surface area contributed by atoms with Crippen molar-refractivity contribution in [1.82, 2.24) is 16.0 Å². The molecule has 4 nitrogen and oxygen atoms in total. The van der Waals surface area contributed by atoms with Crippen LogP contribution in [0.2, 0.25) is 0 Å². The van der Waals surface area contributed by atoms with E-state index in [4.69, 9.17) is 4.74 Å². The molecule has 0 aromatic heterocycles. The maximum absolute atomic E-state index is 7.22. The van der Waals surface area contributed by atoms with E-state index in [9.17, 15) is 0 Å². The average Bonchev–Trinajstić information content (AvgIpc) is 3.53. The molecule has 9 aliphatic rings. The van der Waals surface area contributed by atoms with Crippen molar-refractivity contribution in [2.75, 3.05) is 0 Å². The molecule has 0 aromatic carbocycles. The Morgan fingerprint density at radius 1 is 0.298 bits per heavy atom. The lowest BCUT2D eigenvalue weighted by molar-refractivity contribution is -0.0666. The first-order valence-corrected chi connectivity index (χ1v) is 22.2. The number of nitrogens with one attached hydrogen (secondary N) is 3. The van der Waals surface area contributed by atoms with Gasteiger partial charge in [0.1, 0.15) is 0 Å². The fraction of sp³-hybridized carbons (Fsp3) is 1.00. The summed E-state index contributed by atoms with van der Waals surface area (Å²) in [5, 5.41) is 13.0. The third kappa shape index (κ3) is 6.80. The van der Waals surface area contributed by atoms with Gasteiger partial charge in [-0.25, -0.2) is 0 Å². The van der Waals surface area contributed by atoms with Crippen LogP contribution >= 0.6 is 0 Å². The van der Waals surface area contributed by atoms with Crippen molar-refractivity contribution in [3.63, 3.8) is 0 Å². The molecule has 7 aliphatic carbocycles. The highest BCUT2D eigenvalue weighted by Gasteiger charge is 2.57. The summed E-state index contributed by atoms with van der Waals surface area (Å²) in [7, 11) is 0. The van der Waals surface area contributed by atoms with Crippen LogP contribution in [-0.4, -0.2) is 30.7 Å². The van der Waals surface area contributed by atoms with Gasteiger partial charge in [-0.2, -0.15) is 0 Å². The van der Waals surface area contributed by atoms with Gasteiger partial charge in [-0.1, -0.05) is 109 Å². The third-order valence-electron chi connectivity index (χ3n) is 17.0. The van der Waals surface area contributed by atoms with Crippen molar-refractivity contribution >= 4 is 0 Å². The normalized spacial score (nSPS) is 49.1. The number of ether oxygens (including phenoxy) is 1. The third-order valence-corrected chi connectivity index (χ3v) is 17.0. The van der Waals surface area contributed by atoms with Crippen molar-refractivity contribution in [1.29, 1.82) is 0 Å². The molecule has 7 saturated carbocycles. The topological polar surface area (TPSA) is 45.3 Å². The van der Waals surface area contributed by atoms with Gasteiger partial charge in [-0.3, -0.25) is 16.0 Å². The Morgan fingerprint density at radius 2 is 0.830 bits per heavy atom. The number of rotatable bonds is 5. The summed E-state index contributed by atoms with van der Waals surface area (Å²) in [6.45, 7) is 0. The fourth-order valence-electron chi connectivity index (χ4n) is 14.8. The summed E-state index contributed by atoms with van der Waals surface area (Å²) >= 11 is 0. The van der Waals surface area contributed by atoms with Gasteiger partial charge in [0.15, 0.2) is 0 Å². The van der Waals surface area contributed by atoms with Crippen LogP contribution in [0.5, 0.6) is 0 Å². The molecule has 9 rings (SSSR count). The number of fused-ring (bicyclic) bond motifs is 5. The van der Waals surface area contributed by atoms with Crippen molar-refractivity contribution in [3.05, 3.63) is 0 Å². The van der Waals surface area contributed by atoms with Crippen LogP contribution in [0.3, 0.4) is 0 Å². The quantitative estimate of drug-likeness (QED) is 0.278. The monoisotopic (exact) mass is 648 g/mol. The van der Waals surface area contributed by atoms with E-state index in [1.165, 1.54) is 167 Å². The first-order chi connectivity index (χ1) is 23.3. The molecule has 0 bridgehead atoms. The predicted octanol–water partition coefficient (Wildman–Crippen LogP) is 9.92. The van der Waals surface area contributed by atoms with Crippen LogP contribution in [0.1, 0.15) is 173 Å². The second-order valence-corrected chi connectivity index (χ2v) is 19.4. The standard InChI is InChI=1S/C43H73N3O/c1-4-13-28(14-5-1)31-19-12-20-32(25-31)42-44-41(30-17-8-3-9-18-30)45-43(46-42)33-23-24-38-37(26-33)40-35-22-11-10-21-34(35)36(27-39(40)47-38)29-15-6-2-7-16-29/h28-46H,1-27H2. The summed E-state index contributed by atoms with van der Waals surface area (Å²) < 4.78 is 7.22. The molecule has 9 fully saturated rings. The minimum atomic E-state index is 0.490. The van der Waals surface area contributed by atoms with E-state index in [-0.39, 0.29) is 0 Å². The second-order valence-electron chi connectivity index (χ2n) is 19.4. The zero-order chi connectivity index (χ0) is 31.2. The molecular formula is C43H73N3O. The van der Waals surface area contributed by atoms with Crippen LogP contribution in [0.4, 0.5) is 0 Å². The molecule has 2 heterocycles. The van der Waals surface area contributed by atoms with Crippen LogP contribution in [0, 0.1) is 65.1 Å². The molecule has 266 valence electrons. The highest BCUT2D eigenvalue weighted by molar-refractivity contribution is 5.06. The van der Waals surface area contributed by atoms with Gasteiger partial charge in [0.05, 0.1) is 30.7 Å². The summed E-state index contributed by atoms with van der Waals surface area (Å²) in [6, 6.07) is 0. The summed E-state index contributed by atoms with van der Waals surface area (Å²) in [6.07, 6.45) is 42.5. The van der Waals surface area contributed by atoms with E-state index in [1.54, 1.807) is 6.42 Å². The van der Waals surface area contributed by atoms with Gasteiger partial charge < -0.3 is 4.74 Å². The van der Waals surface area contributed by atoms with Crippen LogP contribution in [0.25, 0.3) is 0 Å². The summed E-state index contributed by atoms with van der Waals surface area (Å²) in [4.78, 5) is 0. The molecule has 3 N–H and O–H groups in total.